The number of rotatable bonds is 31. The zero-order chi connectivity index (χ0) is 27.1. The van der Waals surface area contributed by atoms with Crippen molar-refractivity contribution in [3.05, 3.63) is 0 Å². The van der Waals surface area contributed by atoms with Crippen LogP contribution < -0.4 is 0 Å². The van der Waals surface area contributed by atoms with Gasteiger partial charge in [-0.2, -0.15) is 0 Å². The molecule has 0 aliphatic rings. The summed E-state index contributed by atoms with van der Waals surface area (Å²) in [5.41, 5.74) is 0. The maximum Gasteiger partial charge on any atom is 0.306 e. The monoisotopic (exact) mass is 526 g/mol. The lowest BCUT2D eigenvalue weighted by atomic mass is 10.0. The largest absolute Gasteiger partial charge is 0.457 e. The SMILES string of the molecule is CCCCCCCCCCCCCCCCCCCCCOCC(CO)OC(=O)CCCCCCCC. The normalized spacial score (nSPS) is 12.2. The minimum absolute atomic E-state index is 0.165. The second kappa shape index (κ2) is 31.6. The summed E-state index contributed by atoms with van der Waals surface area (Å²) in [6, 6.07) is 0. The lowest BCUT2D eigenvalue weighted by molar-refractivity contribution is -0.154. The van der Waals surface area contributed by atoms with Crippen molar-refractivity contribution in [2.75, 3.05) is 19.8 Å². The highest BCUT2D eigenvalue weighted by Gasteiger charge is 2.13. The molecule has 222 valence electrons. The van der Waals surface area contributed by atoms with E-state index in [2.05, 4.69) is 13.8 Å². The van der Waals surface area contributed by atoms with Crippen molar-refractivity contribution < 1.29 is 19.4 Å². The van der Waals surface area contributed by atoms with E-state index in [0.29, 0.717) is 19.6 Å². The highest BCUT2D eigenvalue weighted by atomic mass is 16.6. The molecule has 37 heavy (non-hydrogen) atoms. The Bertz CT molecular complexity index is 440. The number of hydrogen-bond acceptors (Lipinski definition) is 4. The molecular formula is C33H66O4. The number of carbonyl (C=O) groups is 1. The van der Waals surface area contributed by atoms with Gasteiger partial charge in [-0.05, 0) is 12.8 Å². The molecule has 0 fully saturated rings. The van der Waals surface area contributed by atoms with Gasteiger partial charge in [-0.25, -0.2) is 0 Å². The third kappa shape index (κ3) is 29.8. The van der Waals surface area contributed by atoms with Crippen molar-refractivity contribution in [2.24, 2.45) is 0 Å². The average Bonchev–Trinajstić information content (AvgIpc) is 2.90. The van der Waals surface area contributed by atoms with Gasteiger partial charge in [0.25, 0.3) is 0 Å². The number of hydrogen-bond donors (Lipinski definition) is 1. The first-order valence-electron chi connectivity index (χ1n) is 16.6. The summed E-state index contributed by atoms with van der Waals surface area (Å²) in [4.78, 5) is 11.9. The second-order valence-electron chi connectivity index (χ2n) is 11.3. The van der Waals surface area contributed by atoms with E-state index in [1.807, 2.05) is 0 Å². The fourth-order valence-electron chi connectivity index (χ4n) is 4.92. The van der Waals surface area contributed by atoms with E-state index in [9.17, 15) is 9.90 Å². The average molecular weight is 527 g/mol. The fourth-order valence-corrected chi connectivity index (χ4v) is 4.92. The van der Waals surface area contributed by atoms with E-state index in [1.165, 1.54) is 141 Å². The first-order valence-corrected chi connectivity index (χ1v) is 16.6. The number of carbonyl (C=O) groups excluding carboxylic acids is 1. The van der Waals surface area contributed by atoms with Crippen molar-refractivity contribution in [1.82, 2.24) is 0 Å². The van der Waals surface area contributed by atoms with Crippen LogP contribution in [0.25, 0.3) is 0 Å². The Balaban J connectivity index is 3.30. The molecule has 0 aliphatic carbocycles. The van der Waals surface area contributed by atoms with Crippen LogP contribution in [-0.2, 0) is 14.3 Å². The van der Waals surface area contributed by atoms with E-state index in [-0.39, 0.29) is 12.6 Å². The molecule has 0 aromatic rings. The van der Waals surface area contributed by atoms with Crippen LogP contribution >= 0.6 is 0 Å². The van der Waals surface area contributed by atoms with Crippen LogP contribution in [0.2, 0.25) is 0 Å². The molecule has 1 unspecified atom stereocenters. The molecule has 1 N–H and O–H groups in total. The number of esters is 1. The maximum atomic E-state index is 11.9. The van der Waals surface area contributed by atoms with Gasteiger partial charge in [-0.3, -0.25) is 4.79 Å². The lowest BCUT2D eigenvalue weighted by Gasteiger charge is -2.15. The van der Waals surface area contributed by atoms with Gasteiger partial charge in [-0.1, -0.05) is 162 Å². The molecule has 0 bridgehead atoms. The molecule has 0 spiro atoms. The highest BCUT2D eigenvalue weighted by Crippen LogP contribution is 2.15. The van der Waals surface area contributed by atoms with Gasteiger partial charge >= 0.3 is 5.97 Å². The first-order chi connectivity index (χ1) is 18.2. The van der Waals surface area contributed by atoms with Crippen molar-refractivity contribution in [1.29, 1.82) is 0 Å². The Morgan fingerprint density at radius 3 is 1.27 bits per heavy atom. The quantitative estimate of drug-likeness (QED) is 0.0721. The van der Waals surface area contributed by atoms with E-state index in [0.717, 1.165) is 19.3 Å². The molecule has 0 amide bonds. The first kappa shape index (κ1) is 36.4. The van der Waals surface area contributed by atoms with Crippen LogP contribution in [-0.4, -0.2) is 37.0 Å². The summed E-state index contributed by atoms with van der Waals surface area (Å²) in [6.45, 7) is 5.32. The highest BCUT2D eigenvalue weighted by molar-refractivity contribution is 5.69. The molecule has 0 aliphatic heterocycles. The van der Waals surface area contributed by atoms with E-state index in [1.54, 1.807) is 0 Å². The van der Waals surface area contributed by atoms with Gasteiger partial charge in [0.2, 0.25) is 0 Å². The van der Waals surface area contributed by atoms with Crippen LogP contribution in [0, 0.1) is 0 Å². The fraction of sp³-hybridized carbons (Fsp3) is 0.970. The summed E-state index contributed by atoms with van der Waals surface area (Å²) in [5, 5.41) is 9.45. The number of aliphatic hydroxyl groups is 1. The van der Waals surface area contributed by atoms with Crippen LogP contribution in [0.5, 0.6) is 0 Å². The van der Waals surface area contributed by atoms with Crippen LogP contribution in [0.3, 0.4) is 0 Å². The third-order valence-electron chi connectivity index (χ3n) is 7.43. The zero-order valence-corrected chi connectivity index (χ0v) is 25.3. The molecule has 0 rings (SSSR count). The van der Waals surface area contributed by atoms with Crippen molar-refractivity contribution in [2.45, 2.75) is 187 Å². The van der Waals surface area contributed by atoms with E-state index in [4.69, 9.17) is 9.47 Å². The molecular weight excluding hydrogens is 460 g/mol. The molecule has 4 heteroatoms. The maximum absolute atomic E-state index is 11.9. The standard InChI is InChI=1S/C33H66O4/c1-3-5-7-9-11-12-13-14-15-16-17-18-19-20-21-22-23-25-27-29-36-31-32(30-34)37-33(35)28-26-24-10-8-6-4-2/h32,34H,3-31H2,1-2H3. The molecule has 0 saturated heterocycles. The molecule has 0 aromatic carbocycles. The minimum Gasteiger partial charge on any atom is -0.457 e. The zero-order valence-electron chi connectivity index (χ0n) is 25.3. The molecule has 0 aromatic heterocycles. The minimum atomic E-state index is -0.520. The van der Waals surface area contributed by atoms with Gasteiger partial charge in [0, 0.05) is 13.0 Å². The van der Waals surface area contributed by atoms with E-state index >= 15 is 0 Å². The predicted octanol–water partition coefficient (Wildman–Crippen LogP) is 10.1. The molecule has 0 radical (unpaired) electrons. The van der Waals surface area contributed by atoms with E-state index < -0.39 is 6.10 Å². The molecule has 0 heterocycles. The number of unbranched alkanes of at least 4 members (excludes halogenated alkanes) is 23. The molecule has 0 saturated carbocycles. The van der Waals surface area contributed by atoms with Gasteiger partial charge in [-0.15, -0.1) is 0 Å². The van der Waals surface area contributed by atoms with Crippen LogP contribution in [0.1, 0.15) is 181 Å². The summed E-state index contributed by atoms with van der Waals surface area (Å²) in [7, 11) is 0. The Hall–Kier alpha value is -0.610. The molecule has 1 atom stereocenters. The summed E-state index contributed by atoms with van der Waals surface area (Å²) in [5.74, 6) is -0.207. The topological polar surface area (TPSA) is 55.8 Å². The number of aliphatic hydroxyl groups excluding tert-OH is 1. The summed E-state index contributed by atoms with van der Waals surface area (Å²) < 4.78 is 11.0. The van der Waals surface area contributed by atoms with Gasteiger partial charge in [0.1, 0.15) is 6.10 Å². The predicted molar refractivity (Wildman–Crippen MR) is 159 cm³/mol. The third-order valence-corrected chi connectivity index (χ3v) is 7.43. The lowest BCUT2D eigenvalue weighted by Crippen LogP contribution is -2.27. The Morgan fingerprint density at radius 2 is 0.892 bits per heavy atom. The molecule has 4 nitrogen and oxygen atoms in total. The Kier molecular flexibility index (Phi) is 31.1. The summed E-state index contributed by atoms with van der Waals surface area (Å²) >= 11 is 0. The van der Waals surface area contributed by atoms with Gasteiger partial charge in [0.05, 0.1) is 13.2 Å². The van der Waals surface area contributed by atoms with Crippen LogP contribution in [0.4, 0.5) is 0 Å². The van der Waals surface area contributed by atoms with Gasteiger partial charge < -0.3 is 14.6 Å². The summed E-state index contributed by atoms with van der Waals surface area (Å²) in [6.07, 6.45) is 33.0. The van der Waals surface area contributed by atoms with Crippen molar-refractivity contribution in [3.8, 4) is 0 Å². The number of ether oxygens (including phenoxy) is 2. The van der Waals surface area contributed by atoms with Crippen molar-refractivity contribution >= 4 is 5.97 Å². The second-order valence-corrected chi connectivity index (χ2v) is 11.3. The van der Waals surface area contributed by atoms with Crippen molar-refractivity contribution in [3.63, 3.8) is 0 Å². The smallest absolute Gasteiger partial charge is 0.306 e. The van der Waals surface area contributed by atoms with Crippen LogP contribution in [0.15, 0.2) is 0 Å². The van der Waals surface area contributed by atoms with Gasteiger partial charge in [0.15, 0.2) is 0 Å². The Morgan fingerprint density at radius 1 is 0.541 bits per heavy atom. The Labute approximate surface area is 232 Å².